The molecule has 1 atom stereocenters. The number of fused-ring (bicyclic) bond motifs is 2. The number of hydrogen-bond acceptors (Lipinski definition) is 8. The van der Waals surface area contributed by atoms with Crippen LogP contribution >= 0.6 is 11.3 Å². The highest BCUT2D eigenvalue weighted by Gasteiger charge is 2.48. The van der Waals surface area contributed by atoms with Gasteiger partial charge in [0.05, 0.1) is 28.9 Å². The molecular weight excluding hydrogens is 516 g/mol. The Balaban J connectivity index is 1.52. The van der Waals surface area contributed by atoms with Gasteiger partial charge in [-0.15, -0.1) is 0 Å². The summed E-state index contributed by atoms with van der Waals surface area (Å²) >= 11 is 1.29. The highest BCUT2D eigenvalue weighted by Crippen LogP contribution is 2.45. The summed E-state index contributed by atoms with van der Waals surface area (Å²) in [5.41, 5.74) is 2.84. The number of rotatable bonds is 5. The van der Waals surface area contributed by atoms with Crippen LogP contribution in [-0.4, -0.2) is 42.1 Å². The van der Waals surface area contributed by atoms with E-state index in [2.05, 4.69) is 18.8 Å². The molecule has 1 aromatic heterocycles. The third-order valence-electron chi connectivity index (χ3n) is 6.97. The Morgan fingerprint density at radius 1 is 1.03 bits per heavy atom. The van der Waals surface area contributed by atoms with Crippen molar-refractivity contribution in [2.24, 2.45) is 0 Å². The fraction of sp³-hybridized carbons (Fsp3) is 0.233. The number of methoxy groups -OCH3 is 1. The zero-order valence-corrected chi connectivity index (χ0v) is 22.5. The Morgan fingerprint density at radius 3 is 2.49 bits per heavy atom. The number of anilines is 1. The lowest BCUT2D eigenvalue weighted by Gasteiger charge is -2.23. The van der Waals surface area contributed by atoms with E-state index in [4.69, 9.17) is 14.2 Å². The minimum atomic E-state index is -0.873. The molecule has 6 rings (SSSR count). The van der Waals surface area contributed by atoms with Crippen LogP contribution in [0.4, 0.5) is 5.13 Å². The van der Waals surface area contributed by atoms with Crippen molar-refractivity contribution in [1.29, 1.82) is 0 Å². The standard InChI is InChI=1S/C30H26N2O6S/c1-16(2)17-4-6-18(7-5-17)26-25(27(33)19-8-11-22-23(14-19)38-13-12-37-22)28(34)29(35)32(26)30-31-21-10-9-20(36-3)15-24(21)39-30/h4-11,14-16,26,33H,12-13H2,1-3H3. The van der Waals surface area contributed by atoms with Gasteiger partial charge in [0.2, 0.25) is 0 Å². The molecule has 2 aliphatic heterocycles. The van der Waals surface area contributed by atoms with Gasteiger partial charge in [-0.05, 0) is 53.4 Å². The van der Waals surface area contributed by atoms with Gasteiger partial charge in [0.15, 0.2) is 16.6 Å². The van der Waals surface area contributed by atoms with E-state index in [1.807, 2.05) is 36.4 Å². The predicted molar refractivity (Wildman–Crippen MR) is 149 cm³/mol. The molecule has 8 nitrogen and oxygen atoms in total. The quantitative estimate of drug-likeness (QED) is 0.193. The number of carbonyl (C=O) groups excluding carboxylic acids is 2. The molecule has 39 heavy (non-hydrogen) atoms. The summed E-state index contributed by atoms with van der Waals surface area (Å²) in [6, 6.07) is 17.3. The number of carbonyl (C=O) groups is 2. The van der Waals surface area contributed by atoms with E-state index < -0.39 is 17.7 Å². The first kappa shape index (κ1) is 24.9. The third-order valence-corrected chi connectivity index (χ3v) is 7.99. The molecule has 198 valence electrons. The van der Waals surface area contributed by atoms with Crippen LogP contribution in [0.15, 0.2) is 66.2 Å². The number of ether oxygens (including phenoxy) is 3. The second kappa shape index (κ2) is 9.74. The van der Waals surface area contributed by atoms with Gasteiger partial charge in [0.25, 0.3) is 5.78 Å². The SMILES string of the molecule is COc1ccc2nc(N3C(=O)C(=O)C(=C(O)c4ccc5c(c4)OCCO5)C3c3ccc(C(C)C)cc3)sc2c1. The van der Waals surface area contributed by atoms with Crippen LogP contribution in [-0.2, 0) is 9.59 Å². The average molecular weight is 543 g/mol. The summed E-state index contributed by atoms with van der Waals surface area (Å²) in [5.74, 6) is 0.187. The number of benzene rings is 3. The van der Waals surface area contributed by atoms with Crippen molar-refractivity contribution in [2.75, 3.05) is 25.2 Å². The number of thiazole rings is 1. The van der Waals surface area contributed by atoms with E-state index in [9.17, 15) is 14.7 Å². The minimum Gasteiger partial charge on any atom is -0.507 e. The van der Waals surface area contributed by atoms with Gasteiger partial charge in [-0.1, -0.05) is 49.4 Å². The topological polar surface area (TPSA) is 98.2 Å². The lowest BCUT2D eigenvalue weighted by atomic mass is 9.93. The van der Waals surface area contributed by atoms with E-state index >= 15 is 0 Å². The molecule has 0 saturated carbocycles. The zero-order chi connectivity index (χ0) is 27.3. The van der Waals surface area contributed by atoms with Crippen LogP contribution in [0.2, 0.25) is 0 Å². The number of aliphatic hydroxyl groups is 1. The summed E-state index contributed by atoms with van der Waals surface area (Å²) in [6.07, 6.45) is 0. The first-order valence-corrected chi connectivity index (χ1v) is 13.4. The van der Waals surface area contributed by atoms with Crippen LogP contribution in [0.25, 0.3) is 16.0 Å². The van der Waals surface area contributed by atoms with Gasteiger partial charge in [0.1, 0.15) is 24.7 Å². The summed E-state index contributed by atoms with van der Waals surface area (Å²) in [4.78, 5) is 33.2. The van der Waals surface area contributed by atoms with Gasteiger partial charge in [-0.2, -0.15) is 0 Å². The van der Waals surface area contributed by atoms with Crippen molar-refractivity contribution < 1.29 is 28.9 Å². The fourth-order valence-electron chi connectivity index (χ4n) is 4.88. The number of nitrogens with zero attached hydrogens (tertiary/aromatic N) is 2. The molecule has 0 aliphatic carbocycles. The molecule has 0 spiro atoms. The second-order valence-electron chi connectivity index (χ2n) is 9.68. The van der Waals surface area contributed by atoms with Crippen molar-refractivity contribution in [3.63, 3.8) is 0 Å². The van der Waals surface area contributed by atoms with Crippen molar-refractivity contribution in [2.45, 2.75) is 25.8 Å². The first-order chi connectivity index (χ1) is 18.9. The van der Waals surface area contributed by atoms with E-state index in [-0.39, 0.29) is 11.3 Å². The molecule has 1 saturated heterocycles. The van der Waals surface area contributed by atoms with Gasteiger partial charge in [0, 0.05) is 5.56 Å². The van der Waals surface area contributed by atoms with Crippen molar-refractivity contribution in [1.82, 2.24) is 4.98 Å². The molecule has 9 heteroatoms. The van der Waals surface area contributed by atoms with Gasteiger partial charge >= 0.3 is 5.91 Å². The Hall–Kier alpha value is -4.37. The number of ketones is 1. The number of aliphatic hydroxyl groups excluding tert-OH is 1. The van der Waals surface area contributed by atoms with E-state index in [1.54, 1.807) is 31.4 Å². The summed E-state index contributed by atoms with van der Waals surface area (Å²) in [5, 5.41) is 11.9. The normalized spacial score (nSPS) is 18.3. The smallest absolute Gasteiger partial charge is 0.301 e. The van der Waals surface area contributed by atoms with Crippen LogP contribution in [0.5, 0.6) is 17.2 Å². The van der Waals surface area contributed by atoms with E-state index in [1.165, 1.54) is 16.2 Å². The maximum Gasteiger partial charge on any atom is 0.301 e. The molecule has 3 heterocycles. The zero-order valence-electron chi connectivity index (χ0n) is 21.6. The molecular formula is C30H26N2O6S. The molecule has 2 aliphatic rings. The lowest BCUT2D eigenvalue weighted by Crippen LogP contribution is -2.29. The summed E-state index contributed by atoms with van der Waals surface area (Å²) in [7, 11) is 1.58. The van der Waals surface area contributed by atoms with Crippen LogP contribution in [0.1, 0.15) is 42.5 Å². The molecule has 1 fully saturated rings. The molecule has 1 unspecified atom stereocenters. The van der Waals surface area contributed by atoms with Crippen LogP contribution in [0.3, 0.4) is 0 Å². The fourth-order valence-corrected chi connectivity index (χ4v) is 5.90. The van der Waals surface area contributed by atoms with E-state index in [0.29, 0.717) is 58.2 Å². The highest BCUT2D eigenvalue weighted by molar-refractivity contribution is 7.22. The molecule has 3 aromatic carbocycles. The van der Waals surface area contributed by atoms with Gasteiger partial charge in [-0.25, -0.2) is 4.98 Å². The Morgan fingerprint density at radius 2 is 1.77 bits per heavy atom. The number of Topliss-reactive ketones (excluding diaryl/α,β-unsaturated/α-hetero) is 1. The number of hydrogen-bond donors (Lipinski definition) is 1. The lowest BCUT2D eigenvalue weighted by molar-refractivity contribution is -0.132. The number of amides is 1. The predicted octanol–water partition coefficient (Wildman–Crippen LogP) is 5.83. The van der Waals surface area contributed by atoms with Crippen molar-refractivity contribution in [3.8, 4) is 17.2 Å². The van der Waals surface area contributed by atoms with Crippen LogP contribution in [0, 0.1) is 0 Å². The molecule has 0 radical (unpaired) electrons. The Labute approximate surface area is 229 Å². The first-order valence-electron chi connectivity index (χ1n) is 12.6. The largest absolute Gasteiger partial charge is 0.507 e. The monoisotopic (exact) mass is 542 g/mol. The van der Waals surface area contributed by atoms with Gasteiger partial charge in [-0.3, -0.25) is 14.5 Å². The molecule has 4 aromatic rings. The van der Waals surface area contributed by atoms with Crippen molar-refractivity contribution in [3.05, 3.63) is 82.9 Å². The van der Waals surface area contributed by atoms with Crippen molar-refractivity contribution >= 4 is 44.1 Å². The maximum absolute atomic E-state index is 13.6. The second-order valence-corrected chi connectivity index (χ2v) is 10.7. The summed E-state index contributed by atoms with van der Waals surface area (Å²) in [6.45, 7) is 5.01. The Kier molecular flexibility index (Phi) is 6.23. The Bertz CT molecular complexity index is 1640. The third kappa shape index (κ3) is 4.28. The summed E-state index contributed by atoms with van der Waals surface area (Å²) < 4.78 is 17.4. The average Bonchev–Trinajstić information content (AvgIpc) is 3.49. The maximum atomic E-state index is 13.6. The molecule has 1 N–H and O–H groups in total. The van der Waals surface area contributed by atoms with Crippen LogP contribution < -0.4 is 19.1 Å². The molecule has 1 amide bonds. The highest BCUT2D eigenvalue weighted by atomic mass is 32.1. The van der Waals surface area contributed by atoms with E-state index in [0.717, 1.165) is 10.3 Å². The minimum absolute atomic E-state index is 0.00851. The number of aromatic nitrogens is 1. The van der Waals surface area contributed by atoms with Gasteiger partial charge < -0.3 is 19.3 Å². The molecule has 0 bridgehead atoms.